The van der Waals surface area contributed by atoms with Crippen LogP contribution in [-0.4, -0.2) is 5.78 Å². The van der Waals surface area contributed by atoms with Crippen molar-refractivity contribution in [2.45, 2.75) is 20.3 Å². The van der Waals surface area contributed by atoms with Crippen molar-refractivity contribution < 1.29 is 4.79 Å². The average molecular weight is 98.1 g/mol. The van der Waals surface area contributed by atoms with Crippen LogP contribution in [0.15, 0.2) is 12.2 Å². The van der Waals surface area contributed by atoms with Gasteiger partial charge in [-0.1, -0.05) is 13.5 Å². The van der Waals surface area contributed by atoms with Crippen molar-refractivity contribution in [3.8, 4) is 0 Å². The molecule has 0 saturated heterocycles. The van der Waals surface area contributed by atoms with Crippen LogP contribution in [0.25, 0.3) is 0 Å². The molecule has 0 aromatic heterocycles. The molecule has 1 nitrogen and oxygen atoms in total. The van der Waals surface area contributed by atoms with E-state index in [1.54, 1.807) is 6.08 Å². The second-order valence-corrected chi connectivity index (χ2v) is 1.41. The van der Waals surface area contributed by atoms with Gasteiger partial charge in [0.1, 0.15) is 0 Å². The van der Waals surface area contributed by atoms with Crippen LogP contribution in [0, 0.1) is 0 Å². The Kier molecular flexibility index (Phi) is 2.34. The molecule has 1 heteroatoms. The summed E-state index contributed by atoms with van der Waals surface area (Å²) in [6, 6.07) is 0. The Morgan fingerprint density at radius 3 is 2.43 bits per heavy atom. The quantitative estimate of drug-likeness (QED) is 0.449. The van der Waals surface area contributed by atoms with Gasteiger partial charge in [-0.15, -0.1) is 0 Å². The molecular formula is C6H10O. The maximum atomic E-state index is 10.2. The van der Waals surface area contributed by atoms with Gasteiger partial charge >= 0.3 is 0 Å². The largest absolute Gasteiger partial charge is 0.295 e. The second-order valence-electron chi connectivity index (χ2n) is 1.41. The molecule has 0 N–H and O–H groups in total. The molecule has 0 atom stereocenters. The minimum absolute atomic E-state index is 0. The van der Waals surface area contributed by atoms with Crippen LogP contribution in [0.4, 0.5) is 0 Å². The van der Waals surface area contributed by atoms with Crippen LogP contribution in [0.5, 0.6) is 0 Å². The molecule has 1 aliphatic rings. The summed E-state index contributed by atoms with van der Waals surface area (Å²) < 4.78 is 0. The Bertz CT molecular complexity index is 92.4. The van der Waals surface area contributed by atoms with E-state index in [9.17, 15) is 4.79 Å². The predicted octanol–water partition coefficient (Wildman–Crippen LogP) is 1.54. The topological polar surface area (TPSA) is 17.1 Å². The molecule has 0 aromatic carbocycles. The summed E-state index contributed by atoms with van der Waals surface area (Å²) >= 11 is 0. The molecule has 7 heavy (non-hydrogen) atoms. The minimum Gasteiger partial charge on any atom is -0.295 e. The first-order valence-corrected chi connectivity index (χ1v) is 2.09. The van der Waals surface area contributed by atoms with E-state index in [2.05, 4.69) is 0 Å². The van der Waals surface area contributed by atoms with Crippen molar-refractivity contribution >= 4 is 5.78 Å². The third kappa shape index (κ3) is 1.53. The lowest BCUT2D eigenvalue weighted by molar-refractivity contribution is -0.114. The van der Waals surface area contributed by atoms with Crippen LogP contribution < -0.4 is 0 Å². The molecule has 1 rings (SSSR count). The Labute approximate surface area is 44.0 Å². The normalized spacial score (nSPS) is 16.9. The predicted molar refractivity (Wildman–Crippen MR) is 30.1 cm³/mol. The summed E-state index contributed by atoms with van der Waals surface area (Å²) in [6.07, 6.45) is 5.24. The molecule has 40 valence electrons. The smallest absolute Gasteiger partial charge is 0.155 e. The van der Waals surface area contributed by atoms with E-state index >= 15 is 0 Å². The van der Waals surface area contributed by atoms with Gasteiger partial charge in [-0.2, -0.15) is 0 Å². The number of hydrogen-bond acceptors (Lipinski definition) is 1. The lowest BCUT2D eigenvalue weighted by atomic mass is 10.3. The van der Waals surface area contributed by atoms with Crippen molar-refractivity contribution in [3.63, 3.8) is 0 Å². The molecule has 0 fully saturated rings. The van der Waals surface area contributed by atoms with Crippen molar-refractivity contribution in [2.24, 2.45) is 0 Å². The Morgan fingerprint density at radius 1 is 1.57 bits per heavy atom. The Hall–Kier alpha value is -0.590. The molecule has 0 amide bonds. The fraction of sp³-hybridized carbons (Fsp3) is 0.500. The molecule has 0 bridgehead atoms. The number of rotatable bonds is 0. The number of carbonyl (C=O) groups is 1. The highest BCUT2D eigenvalue weighted by atomic mass is 16.1. The van der Waals surface area contributed by atoms with E-state index in [0.29, 0.717) is 0 Å². The van der Waals surface area contributed by atoms with Crippen LogP contribution in [0.3, 0.4) is 0 Å². The number of carbonyl (C=O) groups excluding carboxylic acids is 1. The molecule has 0 heterocycles. The molecule has 0 spiro atoms. The highest BCUT2D eigenvalue weighted by Crippen LogP contribution is 2.01. The van der Waals surface area contributed by atoms with Crippen LogP contribution in [0.2, 0.25) is 0 Å². The monoisotopic (exact) mass is 98.1 g/mol. The highest BCUT2D eigenvalue weighted by Gasteiger charge is 1.98. The zero-order valence-electron chi connectivity index (χ0n) is 3.48. The van der Waals surface area contributed by atoms with E-state index in [0.717, 1.165) is 12.8 Å². The third-order valence-electron chi connectivity index (χ3n) is 0.861. The van der Waals surface area contributed by atoms with Gasteiger partial charge in [0.05, 0.1) is 0 Å². The van der Waals surface area contributed by atoms with Crippen molar-refractivity contribution in [1.29, 1.82) is 0 Å². The molecular weight excluding hydrogens is 88.1 g/mol. The van der Waals surface area contributed by atoms with Crippen molar-refractivity contribution in [2.75, 3.05) is 0 Å². The van der Waals surface area contributed by atoms with Crippen LogP contribution in [-0.2, 0) is 4.79 Å². The van der Waals surface area contributed by atoms with Gasteiger partial charge in [0.25, 0.3) is 0 Å². The summed E-state index contributed by atoms with van der Waals surface area (Å²) in [6.45, 7) is 0. The molecule has 0 saturated carbocycles. The number of allylic oxidation sites excluding steroid dienone is 2. The average Bonchev–Trinajstić information content (AvgIpc) is 1.86. The summed E-state index contributed by atoms with van der Waals surface area (Å²) in [4.78, 5) is 10.2. The summed E-state index contributed by atoms with van der Waals surface area (Å²) in [5.74, 6) is 0.273. The van der Waals surface area contributed by atoms with E-state index in [-0.39, 0.29) is 13.2 Å². The van der Waals surface area contributed by atoms with Crippen LogP contribution in [0.1, 0.15) is 20.3 Å². The molecule has 0 radical (unpaired) electrons. The Morgan fingerprint density at radius 2 is 2.29 bits per heavy atom. The maximum absolute atomic E-state index is 10.2. The molecule has 0 unspecified atom stereocenters. The fourth-order valence-corrected chi connectivity index (χ4v) is 0.524. The van der Waals surface area contributed by atoms with Crippen molar-refractivity contribution in [3.05, 3.63) is 12.2 Å². The van der Waals surface area contributed by atoms with Gasteiger partial charge in [-0.3, -0.25) is 4.79 Å². The highest BCUT2D eigenvalue weighted by molar-refractivity contribution is 5.91. The lowest BCUT2D eigenvalue weighted by Crippen LogP contribution is -1.80. The SMILES string of the molecule is C.O=C1C=CCC1. The zero-order chi connectivity index (χ0) is 4.41. The Balaban J connectivity index is 0.000000360. The minimum atomic E-state index is 0. The fourth-order valence-electron chi connectivity index (χ4n) is 0.524. The first-order chi connectivity index (χ1) is 2.89. The van der Waals surface area contributed by atoms with Gasteiger partial charge in [0.15, 0.2) is 5.78 Å². The maximum Gasteiger partial charge on any atom is 0.155 e. The number of ketones is 1. The van der Waals surface area contributed by atoms with Gasteiger partial charge in [-0.25, -0.2) is 0 Å². The van der Waals surface area contributed by atoms with Gasteiger partial charge in [0, 0.05) is 6.42 Å². The van der Waals surface area contributed by atoms with Crippen molar-refractivity contribution in [1.82, 2.24) is 0 Å². The van der Waals surface area contributed by atoms with Gasteiger partial charge in [0.2, 0.25) is 0 Å². The summed E-state index contributed by atoms with van der Waals surface area (Å²) in [5.41, 5.74) is 0. The van der Waals surface area contributed by atoms with E-state index in [1.807, 2.05) is 6.08 Å². The zero-order valence-corrected chi connectivity index (χ0v) is 3.48. The molecule has 1 aliphatic carbocycles. The number of hydrogen-bond donors (Lipinski definition) is 0. The van der Waals surface area contributed by atoms with Crippen LogP contribution >= 0.6 is 0 Å². The first-order valence-electron chi connectivity index (χ1n) is 2.09. The van der Waals surface area contributed by atoms with E-state index in [1.165, 1.54) is 0 Å². The van der Waals surface area contributed by atoms with E-state index in [4.69, 9.17) is 0 Å². The van der Waals surface area contributed by atoms with E-state index < -0.39 is 0 Å². The first kappa shape index (κ1) is 6.41. The molecule has 0 aromatic rings. The summed E-state index contributed by atoms with van der Waals surface area (Å²) in [7, 11) is 0. The standard InChI is InChI=1S/C5H6O.CH4/c6-5-3-1-2-4-5;/h1,3H,2,4H2;1H4. The van der Waals surface area contributed by atoms with Gasteiger partial charge < -0.3 is 0 Å². The lowest BCUT2D eigenvalue weighted by Gasteiger charge is -1.71. The molecule has 0 aliphatic heterocycles. The van der Waals surface area contributed by atoms with Gasteiger partial charge in [-0.05, 0) is 12.5 Å². The third-order valence-corrected chi connectivity index (χ3v) is 0.861. The second kappa shape index (κ2) is 2.56. The summed E-state index contributed by atoms with van der Waals surface area (Å²) in [5, 5.41) is 0.